The highest BCUT2D eigenvalue weighted by atomic mass is 35.5. The van der Waals surface area contributed by atoms with E-state index in [1.807, 2.05) is 6.92 Å². The summed E-state index contributed by atoms with van der Waals surface area (Å²) in [4.78, 5) is 8.40. The van der Waals surface area contributed by atoms with Crippen LogP contribution in [-0.4, -0.2) is 21.9 Å². The minimum Gasteiger partial charge on any atom is -0.367 e. The summed E-state index contributed by atoms with van der Waals surface area (Å²) in [5.74, 6) is 1.39. The van der Waals surface area contributed by atoms with Crippen LogP contribution in [-0.2, 0) is 0 Å². The summed E-state index contributed by atoms with van der Waals surface area (Å²) in [7, 11) is 0. The van der Waals surface area contributed by atoms with Gasteiger partial charge in [0.1, 0.15) is 5.82 Å². The number of aryl methyl sites for hydroxylation is 1. The van der Waals surface area contributed by atoms with Gasteiger partial charge in [0.15, 0.2) is 0 Å². The maximum Gasteiger partial charge on any atom is 0.147 e. The van der Waals surface area contributed by atoms with Gasteiger partial charge in [0.2, 0.25) is 0 Å². The number of hydrogen-bond donors (Lipinski definition) is 1. The Hall–Kier alpha value is -0.830. The van der Waals surface area contributed by atoms with E-state index in [0.29, 0.717) is 5.92 Å². The molecule has 4 heteroatoms. The lowest BCUT2D eigenvalue weighted by Crippen LogP contribution is -2.23. The maximum absolute atomic E-state index is 6.34. The third-order valence-electron chi connectivity index (χ3n) is 2.91. The zero-order chi connectivity index (χ0) is 12.0. The van der Waals surface area contributed by atoms with Crippen molar-refractivity contribution in [3.63, 3.8) is 0 Å². The zero-order valence-corrected chi connectivity index (χ0v) is 11.0. The van der Waals surface area contributed by atoms with Crippen molar-refractivity contribution in [2.75, 3.05) is 11.9 Å². The Morgan fingerprint density at radius 3 is 2.44 bits per heavy atom. The normalized spacial score (nSPS) is 12.8. The van der Waals surface area contributed by atoms with Gasteiger partial charge in [-0.3, -0.25) is 4.98 Å². The molecule has 1 heterocycles. The fourth-order valence-electron chi connectivity index (χ4n) is 1.74. The van der Waals surface area contributed by atoms with Crippen molar-refractivity contribution in [2.24, 2.45) is 5.92 Å². The molecular formula is C12H20ClN3. The molecule has 0 amide bonds. The molecule has 0 radical (unpaired) electrons. The van der Waals surface area contributed by atoms with Gasteiger partial charge in [-0.15, -0.1) is 11.6 Å². The smallest absolute Gasteiger partial charge is 0.147 e. The van der Waals surface area contributed by atoms with E-state index in [4.69, 9.17) is 11.6 Å². The Morgan fingerprint density at radius 1 is 1.25 bits per heavy atom. The second-order valence-electron chi connectivity index (χ2n) is 3.96. The van der Waals surface area contributed by atoms with Crippen LogP contribution in [0.15, 0.2) is 12.4 Å². The summed E-state index contributed by atoms with van der Waals surface area (Å²) >= 11 is 6.34. The molecule has 1 atom stereocenters. The van der Waals surface area contributed by atoms with Gasteiger partial charge in [-0.1, -0.05) is 26.7 Å². The molecule has 3 nitrogen and oxygen atoms in total. The lowest BCUT2D eigenvalue weighted by molar-refractivity contribution is 0.475. The molecule has 0 fully saturated rings. The van der Waals surface area contributed by atoms with Gasteiger partial charge in [-0.25, -0.2) is 4.98 Å². The summed E-state index contributed by atoms with van der Waals surface area (Å²) in [5, 5.41) is 3.41. The van der Waals surface area contributed by atoms with E-state index in [0.717, 1.165) is 30.9 Å². The molecule has 1 N–H and O–H groups in total. The summed E-state index contributed by atoms with van der Waals surface area (Å²) in [6.07, 6.45) is 5.62. The Bertz CT molecular complexity index is 313. The van der Waals surface area contributed by atoms with Crippen molar-refractivity contribution in [2.45, 2.75) is 39.0 Å². The highest BCUT2D eigenvalue weighted by Gasteiger charge is 2.15. The molecule has 1 aromatic rings. The van der Waals surface area contributed by atoms with Crippen molar-refractivity contribution in [1.82, 2.24) is 9.97 Å². The van der Waals surface area contributed by atoms with Crippen molar-refractivity contribution in [1.29, 1.82) is 0 Å². The number of halogens is 1. The van der Waals surface area contributed by atoms with Crippen LogP contribution in [0.4, 0.5) is 5.82 Å². The van der Waals surface area contributed by atoms with Crippen LogP contribution in [0.2, 0.25) is 0 Å². The number of rotatable bonds is 6. The van der Waals surface area contributed by atoms with Crippen LogP contribution in [0.3, 0.4) is 0 Å². The Balaban J connectivity index is 2.48. The summed E-state index contributed by atoms with van der Waals surface area (Å²) in [6.45, 7) is 7.04. The van der Waals surface area contributed by atoms with E-state index in [-0.39, 0.29) is 5.38 Å². The van der Waals surface area contributed by atoms with Gasteiger partial charge in [0.05, 0.1) is 11.1 Å². The minimum absolute atomic E-state index is 0.149. The lowest BCUT2D eigenvalue weighted by Gasteiger charge is -2.20. The second-order valence-corrected chi connectivity index (χ2v) is 4.52. The largest absolute Gasteiger partial charge is 0.367 e. The van der Waals surface area contributed by atoms with Gasteiger partial charge in [-0.05, 0) is 12.8 Å². The first-order valence-electron chi connectivity index (χ1n) is 5.84. The number of anilines is 1. The Kier molecular flexibility index (Phi) is 5.53. The highest BCUT2D eigenvalue weighted by molar-refractivity contribution is 6.21. The quantitative estimate of drug-likeness (QED) is 0.777. The Labute approximate surface area is 103 Å². The fourth-order valence-corrected chi connectivity index (χ4v) is 2.18. The molecule has 0 aromatic carbocycles. The van der Waals surface area contributed by atoms with E-state index in [1.165, 1.54) is 0 Å². The Morgan fingerprint density at radius 2 is 1.88 bits per heavy atom. The monoisotopic (exact) mass is 241 g/mol. The van der Waals surface area contributed by atoms with Crippen LogP contribution in [0.5, 0.6) is 0 Å². The third kappa shape index (κ3) is 3.63. The van der Waals surface area contributed by atoms with E-state index < -0.39 is 0 Å². The summed E-state index contributed by atoms with van der Waals surface area (Å²) in [5.41, 5.74) is 0.913. The lowest BCUT2D eigenvalue weighted by atomic mass is 9.99. The predicted octanol–water partition coefficient (Wildman–Crippen LogP) is 3.24. The molecule has 0 aliphatic carbocycles. The predicted molar refractivity (Wildman–Crippen MR) is 69.0 cm³/mol. The van der Waals surface area contributed by atoms with Crippen LogP contribution < -0.4 is 5.32 Å². The average molecular weight is 242 g/mol. The zero-order valence-electron chi connectivity index (χ0n) is 10.2. The molecule has 0 aliphatic heterocycles. The van der Waals surface area contributed by atoms with Crippen LogP contribution in [0, 0.1) is 12.8 Å². The molecule has 1 rings (SSSR count). The highest BCUT2D eigenvalue weighted by Crippen LogP contribution is 2.19. The first kappa shape index (κ1) is 13.2. The fraction of sp³-hybridized carbons (Fsp3) is 0.667. The number of nitrogens with zero attached hydrogens (tertiary/aromatic N) is 2. The van der Waals surface area contributed by atoms with E-state index in [1.54, 1.807) is 12.4 Å². The number of aromatic nitrogens is 2. The molecule has 0 saturated heterocycles. The maximum atomic E-state index is 6.34. The van der Waals surface area contributed by atoms with Gasteiger partial charge in [0.25, 0.3) is 0 Å². The topological polar surface area (TPSA) is 37.8 Å². The van der Waals surface area contributed by atoms with Gasteiger partial charge in [-0.2, -0.15) is 0 Å². The first-order valence-corrected chi connectivity index (χ1v) is 6.28. The van der Waals surface area contributed by atoms with Crippen molar-refractivity contribution in [3.8, 4) is 0 Å². The van der Waals surface area contributed by atoms with Crippen molar-refractivity contribution in [3.05, 3.63) is 18.1 Å². The second kappa shape index (κ2) is 6.69. The van der Waals surface area contributed by atoms with E-state index >= 15 is 0 Å². The molecule has 0 spiro atoms. The van der Waals surface area contributed by atoms with Crippen LogP contribution in [0.1, 0.15) is 32.4 Å². The minimum atomic E-state index is 0.149. The van der Waals surface area contributed by atoms with Crippen LogP contribution in [0.25, 0.3) is 0 Å². The molecule has 1 aromatic heterocycles. The van der Waals surface area contributed by atoms with Crippen molar-refractivity contribution < 1.29 is 0 Å². The summed E-state index contributed by atoms with van der Waals surface area (Å²) < 4.78 is 0. The number of hydrogen-bond acceptors (Lipinski definition) is 3. The molecule has 1 unspecified atom stereocenters. The van der Waals surface area contributed by atoms with Gasteiger partial charge >= 0.3 is 0 Å². The molecule has 90 valence electrons. The van der Waals surface area contributed by atoms with Gasteiger partial charge in [0, 0.05) is 18.9 Å². The van der Waals surface area contributed by atoms with Crippen LogP contribution >= 0.6 is 11.6 Å². The molecule has 0 saturated carbocycles. The SMILES string of the molecule is CCC(CC)C(Cl)CNc1nccnc1C. The van der Waals surface area contributed by atoms with Crippen molar-refractivity contribution >= 4 is 17.4 Å². The van der Waals surface area contributed by atoms with Gasteiger partial charge < -0.3 is 5.32 Å². The van der Waals surface area contributed by atoms with E-state index in [9.17, 15) is 0 Å². The number of nitrogens with one attached hydrogen (secondary N) is 1. The average Bonchev–Trinajstić information content (AvgIpc) is 2.29. The number of alkyl halides is 1. The standard InChI is InChI=1S/C12H20ClN3/c1-4-10(5-2)11(13)8-16-12-9(3)14-6-7-15-12/h6-7,10-11H,4-5,8H2,1-3H3,(H,15,16). The van der Waals surface area contributed by atoms with E-state index in [2.05, 4.69) is 29.1 Å². The summed E-state index contributed by atoms with van der Waals surface area (Å²) in [6, 6.07) is 0. The molecular weight excluding hydrogens is 222 g/mol. The molecule has 16 heavy (non-hydrogen) atoms. The molecule has 0 bridgehead atoms. The first-order chi connectivity index (χ1) is 7.69. The molecule has 0 aliphatic rings. The third-order valence-corrected chi connectivity index (χ3v) is 3.42.